The van der Waals surface area contributed by atoms with Crippen LogP contribution in [-0.2, 0) is 0 Å². The number of ketones is 1. The lowest BCUT2D eigenvalue weighted by Crippen LogP contribution is -2.10. The second kappa shape index (κ2) is 4.33. The molecule has 0 aromatic heterocycles. The molecule has 0 spiro atoms. The van der Waals surface area contributed by atoms with Crippen molar-refractivity contribution in [1.82, 2.24) is 0 Å². The van der Waals surface area contributed by atoms with Crippen LogP contribution >= 0.6 is 0 Å². The molecule has 0 heterocycles. The van der Waals surface area contributed by atoms with E-state index < -0.39 is 5.82 Å². The Hall–Kier alpha value is -1.22. The minimum Gasteiger partial charge on any atom is -0.324 e. The predicted octanol–water partition coefficient (Wildman–Crippen LogP) is 2.44. The first-order valence-electron chi connectivity index (χ1n) is 4.62. The van der Waals surface area contributed by atoms with Gasteiger partial charge in [0.1, 0.15) is 5.82 Å². The fourth-order valence-electron chi connectivity index (χ4n) is 1.28. The monoisotopic (exact) mass is 195 g/mol. The molecular weight excluding hydrogens is 181 g/mol. The van der Waals surface area contributed by atoms with Gasteiger partial charge in [-0.25, -0.2) is 4.39 Å². The zero-order valence-electron chi connectivity index (χ0n) is 8.38. The number of rotatable bonds is 3. The summed E-state index contributed by atoms with van der Waals surface area (Å²) in [4.78, 5) is 11.0. The average Bonchev–Trinajstić information content (AvgIpc) is 2.17. The number of carbonyl (C=O) groups excluding carboxylic acids is 1. The van der Waals surface area contributed by atoms with E-state index in [4.69, 9.17) is 5.73 Å². The molecule has 1 atom stereocenters. The molecule has 0 saturated heterocycles. The van der Waals surface area contributed by atoms with Crippen molar-refractivity contribution in [3.63, 3.8) is 0 Å². The fourth-order valence-corrected chi connectivity index (χ4v) is 1.28. The van der Waals surface area contributed by atoms with E-state index in [0.29, 0.717) is 0 Å². The Bertz CT molecular complexity index is 349. The molecule has 0 aliphatic rings. The summed E-state index contributed by atoms with van der Waals surface area (Å²) in [6, 6.07) is 4.32. The number of halogens is 1. The van der Waals surface area contributed by atoms with Crippen molar-refractivity contribution in [1.29, 1.82) is 0 Å². The summed E-state index contributed by atoms with van der Waals surface area (Å²) in [6.45, 7) is 3.29. The zero-order valence-corrected chi connectivity index (χ0v) is 8.38. The van der Waals surface area contributed by atoms with Crippen molar-refractivity contribution in [2.45, 2.75) is 26.3 Å². The van der Waals surface area contributed by atoms with E-state index in [2.05, 4.69) is 0 Å². The van der Waals surface area contributed by atoms with Gasteiger partial charge in [0.05, 0.1) is 5.56 Å². The van der Waals surface area contributed by atoms with Crippen LogP contribution in [0.2, 0.25) is 0 Å². The van der Waals surface area contributed by atoms with Crippen molar-refractivity contribution in [2.75, 3.05) is 0 Å². The number of hydrogen-bond acceptors (Lipinski definition) is 2. The van der Waals surface area contributed by atoms with Gasteiger partial charge < -0.3 is 5.73 Å². The average molecular weight is 195 g/mol. The summed E-state index contributed by atoms with van der Waals surface area (Å²) >= 11 is 0. The Labute approximate surface area is 82.9 Å². The number of carbonyl (C=O) groups is 1. The maximum absolute atomic E-state index is 13.1. The first-order valence-corrected chi connectivity index (χ1v) is 4.62. The van der Waals surface area contributed by atoms with Crippen molar-refractivity contribution in [3.05, 3.63) is 35.1 Å². The standard InChI is InChI=1S/C11H14FNO/c1-3-11(13)8-4-5-10(12)9(6-8)7(2)14/h4-6,11H,3,13H2,1-2H3/t11-/m1/s1. The topological polar surface area (TPSA) is 43.1 Å². The molecule has 1 rings (SSSR count). The van der Waals surface area contributed by atoms with Crippen LogP contribution in [0.4, 0.5) is 4.39 Å². The Balaban J connectivity index is 3.12. The Morgan fingerprint density at radius 3 is 2.71 bits per heavy atom. The molecule has 0 radical (unpaired) electrons. The van der Waals surface area contributed by atoms with Gasteiger partial charge in [0.25, 0.3) is 0 Å². The number of hydrogen-bond donors (Lipinski definition) is 1. The summed E-state index contributed by atoms with van der Waals surface area (Å²) in [5.41, 5.74) is 6.70. The number of nitrogens with two attached hydrogens (primary N) is 1. The highest BCUT2D eigenvalue weighted by atomic mass is 19.1. The van der Waals surface area contributed by atoms with Gasteiger partial charge in [0.15, 0.2) is 5.78 Å². The Morgan fingerprint density at radius 2 is 2.21 bits per heavy atom. The van der Waals surface area contributed by atoms with Gasteiger partial charge in [-0.15, -0.1) is 0 Å². The van der Waals surface area contributed by atoms with Crippen LogP contribution in [0.25, 0.3) is 0 Å². The molecule has 1 aromatic rings. The predicted molar refractivity (Wildman–Crippen MR) is 53.6 cm³/mol. The number of benzene rings is 1. The van der Waals surface area contributed by atoms with Crippen LogP contribution < -0.4 is 5.73 Å². The third-order valence-electron chi connectivity index (χ3n) is 2.24. The van der Waals surface area contributed by atoms with Crippen LogP contribution in [0.3, 0.4) is 0 Å². The smallest absolute Gasteiger partial charge is 0.162 e. The molecule has 2 N–H and O–H groups in total. The SMILES string of the molecule is CC[C@@H](N)c1ccc(F)c(C(C)=O)c1. The molecule has 0 amide bonds. The highest BCUT2D eigenvalue weighted by Crippen LogP contribution is 2.17. The van der Waals surface area contributed by atoms with E-state index in [9.17, 15) is 9.18 Å². The van der Waals surface area contributed by atoms with E-state index in [0.717, 1.165) is 12.0 Å². The summed E-state index contributed by atoms with van der Waals surface area (Å²) in [5.74, 6) is -0.753. The van der Waals surface area contributed by atoms with Crippen LogP contribution in [0.15, 0.2) is 18.2 Å². The van der Waals surface area contributed by atoms with E-state index in [1.807, 2.05) is 6.92 Å². The quantitative estimate of drug-likeness (QED) is 0.753. The summed E-state index contributed by atoms with van der Waals surface area (Å²) in [7, 11) is 0. The van der Waals surface area contributed by atoms with Gasteiger partial charge in [-0.1, -0.05) is 13.0 Å². The van der Waals surface area contributed by atoms with Crippen molar-refractivity contribution in [2.24, 2.45) is 5.73 Å². The second-order valence-corrected chi connectivity index (χ2v) is 3.31. The first kappa shape index (κ1) is 10.9. The molecule has 0 unspecified atom stereocenters. The third-order valence-corrected chi connectivity index (χ3v) is 2.24. The highest BCUT2D eigenvalue weighted by Gasteiger charge is 2.10. The molecule has 76 valence electrons. The van der Waals surface area contributed by atoms with Crippen molar-refractivity contribution in [3.8, 4) is 0 Å². The molecule has 1 aromatic carbocycles. The lowest BCUT2D eigenvalue weighted by Gasteiger charge is -2.10. The summed E-state index contributed by atoms with van der Waals surface area (Å²) < 4.78 is 13.1. The maximum atomic E-state index is 13.1. The van der Waals surface area contributed by atoms with Crippen molar-refractivity contribution >= 4 is 5.78 Å². The summed E-state index contributed by atoms with van der Waals surface area (Å²) in [6.07, 6.45) is 0.767. The molecule has 0 aliphatic carbocycles. The highest BCUT2D eigenvalue weighted by molar-refractivity contribution is 5.94. The normalized spacial score (nSPS) is 12.6. The van der Waals surface area contributed by atoms with Crippen LogP contribution in [0.1, 0.15) is 42.2 Å². The molecule has 3 heteroatoms. The van der Waals surface area contributed by atoms with Crippen molar-refractivity contribution < 1.29 is 9.18 Å². The molecular formula is C11H14FNO. The largest absolute Gasteiger partial charge is 0.324 e. The molecule has 0 fully saturated rings. The molecule has 2 nitrogen and oxygen atoms in total. The lowest BCUT2D eigenvalue weighted by molar-refractivity contribution is 0.101. The van der Waals surface area contributed by atoms with Crippen LogP contribution in [0, 0.1) is 5.82 Å². The minimum atomic E-state index is -0.482. The van der Waals surface area contributed by atoms with Crippen LogP contribution in [-0.4, -0.2) is 5.78 Å². The zero-order chi connectivity index (χ0) is 10.7. The first-order chi connectivity index (χ1) is 6.56. The van der Waals surface area contributed by atoms with Crippen LogP contribution in [0.5, 0.6) is 0 Å². The van der Waals surface area contributed by atoms with Gasteiger partial charge in [0.2, 0.25) is 0 Å². The van der Waals surface area contributed by atoms with Gasteiger partial charge in [0, 0.05) is 6.04 Å². The van der Waals surface area contributed by atoms with E-state index in [-0.39, 0.29) is 17.4 Å². The lowest BCUT2D eigenvalue weighted by atomic mass is 10.0. The number of Topliss-reactive ketones (excluding diaryl/α,β-unsaturated/α-hetero) is 1. The van der Waals surface area contributed by atoms with E-state index in [1.165, 1.54) is 19.1 Å². The molecule has 0 bridgehead atoms. The molecule has 0 aliphatic heterocycles. The molecule has 14 heavy (non-hydrogen) atoms. The minimum absolute atomic E-state index is 0.117. The molecule has 0 saturated carbocycles. The van der Waals surface area contributed by atoms with E-state index >= 15 is 0 Å². The maximum Gasteiger partial charge on any atom is 0.162 e. The Kier molecular flexibility index (Phi) is 3.36. The van der Waals surface area contributed by atoms with E-state index in [1.54, 1.807) is 6.07 Å². The fraction of sp³-hybridized carbons (Fsp3) is 0.364. The third kappa shape index (κ3) is 2.17. The second-order valence-electron chi connectivity index (χ2n) is 3.31. The van der Waals surface area contributed by atoms with Gasteiger partial charge in [-0.05, 0) is 31.0 Å². The van der Waals surface area contributed by atoms with Gasteiger partial charge in [-0.3, -0.25) is 4.79 Å². The Morgan fingerprint density at radius 1 is 1.57 bits per heavy atom. The van der Waals surface area contributed by atoms with Gasteiger partial charge >= 0.3 is 0 Å². The van der Waals surface area contributed by atoms with Gasteiger partial charge in [-0.2, -0.15) is 0 Å². The summed E-state index contributed by atoms with van der Waals surface area (Å²) in [5, 5.41) is 0.